The standard InChI is InChI=1S/C8H7ClO3S.C2H6/c1-12-8(10)6-2-4-7(5-3-6)13(9)11;1-2/h2-5H,1H3;1-2H3. The molecule has 1 atom stereocenters. The Balaban J connectivity index is 0.000000921. The van der Waals surface area contributed by atoms with Gasteiger partial charge in [-0.05, 0) is 34.9 Å². The summed E-state index contributed by atoms with van der Waals surface area (Å²) >= 11 is 0. The number of hydrogen-bond acceptors (Lipinski definition) is 3. The Morgan fingerprint density at radius 2 is 1.73 bits per heavy atom. The topological polar surface area (TPSA) is 43.4 Å². The van der Waals surface area contributed by atoms with Gasteiger partial charge < -0.3 is 4.74 Å². The molecule has 1 unspecified atom stereocenters. The molecule has 84 valence electrons. The fraction of sp³-hybridized carbons (Fsp3) is 0.300. The lowest BCUT2D eigenvalue weighted by Gasteiger charge is -1.98. The van der Waals surface area contributed by atoms with E-state index in [9.17, 15) is 9.00 Å². The van der Waals surface area contributed by atoms with Gasteiger partial charge in [0.2, 0.25) is 0 Å². The summed E-state index contributed by atoms with van der Waals surface area (Å²) in [6.07, 6.45) is 0. The lowest BCUT2D eigenvalue weighted by molar-refractivity contribution is 0.0600. The van der Waals surface area contributed by atoms with Crippen LogP contribution in [0.3, 0.4) is 0 Å². The first kappa shape index (κ1) is 14.1. The molecule has 0 bridgehead atoms. The monoisotopic (exact) mass is 248 g/mol. The zero-order chi connectivity index (χ0) is 11.8. The van der Waals surface area contributed by atoms with Gasteiger partial charge in [0.1, 0.15) is 10.0 Å². The third-order valence-corrected chi connectivity index (χ3v) is 2.64. The molecule has 1 rings (SSSR count). The van der Waals surface area contributed by atoms with Gasteiger partial charge in [-0.3, -0.25) is 0 Å². The predicted molar refractivity (Wildman–Crippen MR) is 61.4 cm³/mol. The van der Waals surface area contributed by atoms with Crippen LogP contribution in [0.2, 0.25) is 0 Å². The summed E-state index contributed by atoms with van der Waals surface area (Å²) in [5.41, 5.74) is 0.411. The summed E-state index contributed by atoms with van der Waals surface area (Å²) in [6, 6.07) is 6.08. The molecule has 15 heavy (non-hydrogen) atoms. The van der Waals surface area contributed by atoms with Crippen molar-refractivity contribution in [3.8, 4) is 0 Å². The number of hydrogen-bond donors (Lipinski definition) is 0. The van der Waals surface area contributed by atoms with Crippen molar-refractivity contribution >= 4 is 26.7 Å². The van der Waals surface area contributed by atoms with E-state index in [0.29, 0.717) is 10.5 Å². The minimum absolute atomic E-state index is 0.411. The quantitative estimate of drug-likeness (QED) is 0.597. The average Bonchev–Trinajstić information content (AvgIpc) is 2.31. The smallest absolute Gasteiger partial charge is 0.337 e. The van der Waals surface area contributed by atoms with E-state index in [4.69, 9.17) is 10.7 Å². The maximum absolute atomic E-state index is 11.0. The fourth-order valence-electron chi connectivity index (χ4n) is 0.816. The van der Waals surface area contributed by atoms with E-state index in [1.165, 1.54) is 31.4 Å². The molecular formula is C10H13ClO3S. The van der Waals surface area contributed by atoms with Crippen molar-refractivity contribution in [1.82, 2.24) is 0 Å². The third kappa shape index (κ3) is 4.44. The van der Waals surface area contributed by atoms with Crippen molar-refractivity contribution in [3.05, 3.63) is 29.8 Å². The van der Waals surface area contributed by atoms with E-state index in [-0.39, 0.29) is 0 Å². The molecule has 0 aliphatic heterocycles. The Bertz CT molecular complexity index is 335. The molecular weight excluding hydrogens is 236 g/mol. The van der Waals surface area contributed by atoms with Gasteiger partial charge in [0, 0.05) is 0 Å². The van der Waals surface area contributed by atoms with Gasteiger partial charge in [-0.2, -0.15) is 0 Å². The third-order valence-electron chi connectivity index (χ3n) is 1.46. The molecule has 0 fully saturated rings. The minimum atomic E-state index is -1.53. The Morgan fingerprint density at radius 3 is 2.07 bits per heavy atom. The number of halogens is 1. The zero-order valence-electron chi connectivity index (χ0n) is 8.82. The highest BCUT2D eigenvalue weighted by molar-refractivity contribution is 8.08. The second kappa shape index (κ2) is 7.43. The van der Waals surface area contributed by atoms with Crippen molar-refractivity contribution in [2.24, 2.45) is 0 Å². The highest BCUT2D eigenvalue weighted by Crippen LogP contribution is 2.11. The molecule has 0 amide bonds. The van der Waals surface area contributed by atoms with Crippen LogP contribution in [0.15, 0.2) is 29.2 Å². The van der Waals surface area contributed by atoms with Crippen molar-refractivity contribution in [2.75, 3.05) is 7.11 Å². The van der Waals surface area contributed by atoms with Crippen LogP contribution in [0.4, 0.5) is 0 Å². The van der Waals surface area contributed by atoms with E-state index in [0.717, 1.165) is 0 Å². The highest BCUT2D eigenvalue weighted by Gasteiger charge is 2.05. The lowest BCUT2D eigenvalue weighted by atomic mass is 10.2. The fourth-order valence-corrected chi connectivity index (χ4v) is 1.47. The Hall–Kier alpha value is -0.870. The molecule has 0 heterocycles. The van der Waals surface area contributed by atoms with E-state index in [2.05, 4.69) is 4.74 Å². The van der Waals surface area contributed by atoms with Crippen LogP contribution in [0, 0.1) is 0 Å². The Labute approximate surface area is 96.4 Å². The van der Waals surface area contributed by atoms with Crippen LogP contribution < -0.4 is 0 Å². The molecule has 1 aromatic carbocycles. The van der Waals surface area contributed by atoms with Crippen LogP contribution in [0.5, 0.6) is 0 Å². The zero-order valence-corrected chi connectivity index (χ0v) is 10.4. The molecule has 0 saturated heterocycles. The summed E-state index contributed by atoms with van der Waals surface area (Å²) in [4.78, 5) is 11.4. The van der Waals surface area contributed by atoms with Gasteiger partial charge in [0.05, 0.1) is 17.6 Å². The first-order chi connectivity index (χ1) is 7.15. The molecule has 0 aliphatic carbocycles. The number of esters is 1. The van der Waals surface area contributed by atoms with Crippen molar-refractivity contribution in [3.63, 3.8) is 0 Å². The van der Waals surface area contributed by atoms with Crippen LogP contribution in [-0.4, -0.2) is 17.3 Å². The summed E-state index contributed by atoms with van der Waals surface area (Å²) in [7, 11) is 5.09. The van der Waals surface area contributed by atoms with Gasteiger partial charge >= 0.3 is 5.97 Å². The average molecular weight is 249 g/mol. The van der Waals surface area contributed by atoms with Gasteiger partial charge in [-0.15, -0.1) is 0 Å². The van der Waals surface area contributed by atoms with Gasteiger partial charge in [0.15, 0.2) is 0 Å². The number of methoxy groups -OCH3 is 1. The predicted octanol–water partition coefficient (Wildman–Crippen LogP) is 2.76. The molecule has 0 saturated carbocycles. The number of ether oxygens (including phenoxy) is 1. The van der Waals surface area contributed by atoms with Crippen LogP contribution in [-0.2, 0) is 14.7 Å². The summed E-state index contributed by atoms with van der Waals surface area (Å²) in [5, 5.41) is 0. The molecule has 0 spiro atoms. The van der Waals surface area contributed by atoms with Crippen molar-refractivity contribution in [2.45, 2.75) is 18.7 Å². The second-order valence-corrected chi connectivity index (χ2v) is 4.00. The highest BCUT2D eigenvalue weighted by atomic mass is 35.7. The van der Waals surface area contributed by atoms with E-state index < -0.39 is 16.0 Å². The summed E-state index contributed by atoms with van der Waals surface area (Å²) in [5.74, 6) is -0.424. The first-order valence-corrected chi connectivity index (χ1v) is 6.39. The number of carbonyl (C=O) groups is 1. The lowest BCUT2D eigenvalue weighted by Crippen LogP contribution is -2.00. The number of rotatable bonds is 2. The molecule has 5 heteroatoms. The molecule has 0 aliphatic rings. The minimum Gasteiger partial charge on any atom is -0.465 e. The van der Waals surface area contributed by atoms with Gasteiger partial charge in [0.25, 0.3) is 0 Å². The van der Waals surface area contributed by atoms with Gasteiger partial charge in [-0.25, -0.2) is 9.00 Å². The molecule has 0 radical (unpaired) electrons. The van der Waals surface area contributed by atoms with Gasteiger partial charge in [-0.1, -0.05) is 13.8 Å². The molecule has 1 aromatic rings. The van der Waals surface area contributed by atoms with E-state index in [1.807, 2.05) is 13.8 Å². The maximum Gasteiger partial charge on any atom is 0.337 e. The van der Waals surface area contributed by atoms with Crippen LogP contribution >= 0.6 is 10.7 Å². The largest absolute Gasteiger partial charge is 0.465 e. The summed E-state index contributed by atoms with van der Waals surface area (Å²) < 4.78 is 15.2. The normalized spacial score (nSPS) is 10.9. The molecule has 0 N–H and O–H groups in total. The van der Waals surface area contributed by atoms with Crippen molar-refractivity contribution < 1.29 is 13.7 Å². The van der Waals surface area contributed by atoms with Crippen molar-refractivity contribution in [1.29, 1.82) is 0 Å². The van der Waals surface area contributed by atoms with Crippen LogP contribution in [0.1, 0.15) is 24.2 Å². The van der Waals surface area contributed by atoms with E-state index >= 15 is 0 Å². The van der Waals surface area contributed by atoms with Crippen LogP contribution in [0.25, 0.3) is 0 Å². The Kier molecular flexibility index (Phi) is 6.99. The SMILES string of the molecule is CC.COC(=O)c1ccc(S(=O)Cl)cc1. The number of carbonyl (C=O) groups excluding carboxylic acids is 1. The maximum atomic E-state index is 11.0. The second-order valence-electron chi connectivity index (χ2n) is 2.24. The molecule has 0 aromatic heterocycles. The Morgan fingerprint density at radius 1 is 1.27 bits per heavy atom. The van der Waals surface area contributed by atoms with E-state index in [1.54, 1.807) is 0 Å². The number of benzene rings is 1. The first-order valence-electron chi connectivity index (χ1n) is 4.41. The summed E-state index contributed by atoms with van der Waals surface area (Å²) in [6.45, 7) is 4.00. The molecule has 3 nitrogen and oxygen atoms in total.